The van der Waals surface area contributed by atoms with E-state index in [4.69, 9.17) is 5.73 Å². The maximum absolute atomic E-state index is 5.65. The van der Waals surface area contributed by atoms with Crippen molar-refractivity contribution in [2.75, 3.05) is 0 Å². The van der Waals surface area contributed by atoms with Crippen LogP contribution in [0.3, 0.4) is 0 Å². The highest BCUT2D eigenvalue weighted by molar-refractivity contribution is 5.70. The molecule has 74 valence electrons. The number of hydrogen-bond donors (Lipinski definition) is 1. The molecule has 2 nitrogen and oxygen atoms in total. The first kappa shape index (κ1) is 9.46. The molecule has 1 aromatic carbocycles. The number of nitrogens with zero attached hydrogens (tertiary/aromatic N) is 1. The largest absolute Gasteiger partial charge is 0.399 e. The quantitative estimate of drug-likeness (QED) is 0.802. The van der Waals surface area contributed by atoms with Crippen LogP contribution in [-0.2, 0) is 0 Å². The Morgan fingerprint density at radius 3 is 2.47 bits per heavy atom. The molecular formula is C13H12N2. The molecule has 0 fully saturated rings. The molecule has 1 heterocycles. The average Bonchev–Trinajstić information content (AvgIpc) is 2.30. The van der Waals surface area contributed by atoms with Gasteiger partial charge in [0.05, 0.1) is 0 Å². The molecule has 0 spiro atoms. The Morgan fingerprint density at radius 1 is 1.07 bits per heavy atom. The predicted octanol–water partition coefficient (Wildman–Crippen LogP) is 2.68. The molecule has 0 unspecified atom stereocenters. The second kappa shape index (κ2) is 3.96. The van der Waals surface area contributed by atoms with Gasteiger partial charge in [0.2, 0.25) is 0 Å². The lowest BCUT2D eigenvalue weighted by atomic mass is 10.0. The monoisotopic (exact) mass is 196 g/mol. The molecule has 2 heteroatoms. The maximum Gasteiger partial charge on any atom is 0.0314 e. The van der Waals surface area contributed by atoms with E-state index >= 15 is 0 Å². The molecule has 0 saturated heterocycles. The first-order valence-electron chi connectivity index (χ1n) is 4.72. The lowest BCUT2D eigenvalue weighted by molar-refractivity contribution is 1.33. The van der Waals surface area contributed by atoms with Gasteiger partial charge in [-0.25, -0.2) is 0 Å². The molecule has 0 saturated carbocycles. The van der Waals surface area contributed by atoms with E-state index < -0.39 is 0 Å². The van der Waals surface area contributed by atoms with Crippen LogP contribution >= 0.6 is 0 Å². The van der Waals surface area contributed by atoms with Crippen LogP contribution in [0.15, 0.2) is 55.4 Å². The fourth-order valence-electron chi connectivity index (χ4n) is 1.44. The molecule has 0 bridgehead atoms. The van der Waals surface area contributed by atoms with Crippen molar-refractivity contribution >= 4 is 5.70 Å². The molecule has 0 aliphatic carbocycles. The fourth-order valence-corrected chi connectivity index (χ4v) is 1.44. The molecular weight excluding hydrogens is 184 g/mol. The van der Waals surface area contributed by atoms with Crippen LogP contribution in [0, 0.1) is 0 Å². The van der Waals surface area contributed by atoms with Gasteiger partial charge in [-0.2, -0.15) is 0 Å². The second-order valence-electron chi connectivity index (χ2n) is 3.34. The summed E-state index contributed by atoms with van der Waals surface area (Å²) in [6.07, 6.45) is 3.55. The van der Waals surface area contributed by atoms with Crippen LogP contribution in [-0.4, -0.2) is 4.98 Å². The Labute approximate surface area is 89.1 Å². The normalized spacial score (nSPS) is 9.87. The SMILES string of the molecule is C=C(N)c1cccc(-c2ccncc2)c1. The minimum Gasteiger partial charge on any atom is -0.399 e. The summed E-state index contributed by atoms with van der Waals surface area (Å²) in [7, 11) is 0. The zero-order chi connectivity index (χ0) is 10.7. The third kappa shape index (κ3) is 2.05. The molecule has 15 heavy (non-hydrogen) atoms. The molecule has 0 amide bonds. The van der Waals surface area contributed by atoms with Crippen molar-refractivity contribution in [1.29, 1.82) is 0 Å². The number of pyridine rings is 1. The predicted molar refractivity (Wildman–Crippen MR) is 62.9 cm³/mol. The Balaban J connectivity index is 2.46. The highest BCUT2D eigenvalue weighted by atomic mass is 14.6. The lowest BCUT2D eigenvalue weighted by Crippen LogP contribution is -1.93. The highest BCUT2D eigenvalue weighted by Crippen LogP contribution is 2.20. The molecule has 0 atom stereocenters. The molecule has 0 radical (unpaired) electrons. The lowest BCUT2D eigenvalue weighted by Gasteiger charge is -2.04. The van der Waals surface area contributed by atoms with Gasteiger partial charge in [-0.1, -0.05) is 24.8 Å². The summed E-state index contributed by atoms with van der Waals surface area (Å²) >= 11 is 0. The van der Waals surface area contributed by atoms with Crippen LogP contribution in [0.5, 0.6) is 0 Å². The van der Waals surface area contributed by atoms with Gasteiger partial charge in [0.15, 0.2) is 0 Å². The number of rotatable bonds is 2. The van der Waals surface area contributed by atoms with Gasteiger partial charge in [-0.3, -0.25) is 4.98 Å². The molecule has 2 aromatic rings. The zero-order valence-corrected chi connectivity index (χ0v) is 8.35. The second-order valence-corrected chi connectivity index (χ2v) is 3.34. The summed E-state index contributed by atoms with van der Waals surface area (Å²) in [6, 6.07) is 11.9. The first-order chi connectivity index (χ1) is 7.27. The van der Waals surface area contributed by atoms with E-state index in [-0.39, 0.29) is 0 Å². The van der Waals surface area contributed by atoms with Crippen LogP contribution in [0.25, 0.3) is 16.8 Å². The van der Waals surface area contributed by atoms with Gasteiger partial charge in [0, 0.05) is 18.1 Å². The molecule has 0 aliphatic rings. The average molecular weight is 196 g/mol. The van der Waals surface area contributed by atoms with Crippen molar-refractivity contribution in [1.82, 2.24) is 4.98 Å². The number of aromatic nitrogens is 1. The summed E-state index contributed by atoms with van der Waals surface area (Å²) in [6.45, 7) is 3.73. The van der Waals surface area contributed by atoms with E-state index in [1.807, 2.05) is 36.4 Å². The highest BCUT2D eigenvalue weighted by Gasteiger charge is 1.99. The van der Waals surface area contributed by atoms with Crippen molar-refractivity contribution < 1.29 is 0 Å². The molecule has 1 aromatic heterocycles. The van der Waals surface area contributed by atoms with Crippen LogP contribution < -0.4 is 5.73 Å². The summed E-state index contributed by atoms with van der Waals surface area (Å²) in [5.41, 5.74) is 9.46. The Kier molecular flexibility index (Phi) is 2.50. The molecule has 2 N–H and O–H groups in total. The maximum atomic E-state index is 5.65. The van der Waals surface area contributed by atoms with Gasteiger partial charge >= 0.3 is 0 Å². The van der Waals surface area contributed by atoms with E-state index in [9.17, 15) is 0 Å². The van der Waals surface area contributed by atoms with Gasteiger partial charge < -0.3 is 5.73 Å². The number of benzene rings is 1. The minimum absolute atomic E-state index is 0.589. The van der Waals surface area contributed by atoms with Crippen molar-refractivity contribution in [2.24, 2.45) is 5.73 Å². The van der Waals surface area contributed by atoms with Gasteiger partial charge in [0.25, 0.3) is 0 Å². The summed E-state index contributed by atoms with van der Waals surface area (Å²) in [5.74, 6) is 0. The fraction of sp³-hybridized carbons (Fsp3) is 0. The van der Waals surface area contributed by atoms with Crippen molar-refractivity contribution in [3.05, 3.63) is 60.9 Å². The van der Waals surface area contributed by atoms with Crippen molar-refractivity contribution in [3.8, 4) is 11.1 Å². The summed E-state index contributed by atoms with van der Waals surface area (Å²) < 4.78 is 0. The Morgan fingerprint density at radius 2 is 1.80 bits per heavy atom. The Hall–Kier alpha value is -2.09. The van der Waals surface area contributed by atoms with E-state index in [1.54, 1.807) is 12.4 Å². The van der Waals surface area contributed by atoms with Gasteiger partial charge in [0.1, 0.15) is 0 Å². The van der Waals surface area contributed by atoms with E-state index in [0.29, 0.717) is 5.70 Å². The van der Waals surface area contributed by atoms with Crippen LogP contribution in [0.2, 0.25) is 0 Å². The minimum atomic E-state index is 0.589. The third-order valence-electron chi connectivity index (χ3n) is 2.25. The van der Waals surface area contributed by atoms with Crippen molar-refractivity contribution in [2.45, 2.75) is 0 Å². The molecule has 2 rings (SSSR count). The van der Waals surface area contributed by atoms with Crippen molar-refractivity contribution in [3.63, 3.8) is 0 Å². The first-order valence-corrected chi connectivity index (χ1v) is 4.72. The van der Waals surface area contributed by atoms with Crippen LogP contribution in [0.1, 0.15) is 5.56 Å². The van der Waals surface area contributed by atoms with Gasteiger partial charge in [-0.15, -0.1) is 0 Å². The Bertz CT molecular complexity index is 475. The topological polar surface area (TPSA) is 38.9 Å². The van der Waals surface area contributed by atoms with Gasteiger partial charge in [-0.05, 0) is 34.9 Å². The standard InChI is InChI=1S/C13H12N2/c1-10(14)12-3-2-4-13(9-12)11-5-7-15-8-6-11/h2-9H,1,14H2. The third-order valence-corrected chi connectivity index (χ3v) is 2.25. The summed E-state index contributed by atoms with van der Waals surface area (Å²) in [4.78, 5) is 3.99. The smallest absolute Gasteiger partial charge is 0.0314 e. The van der Waals surface area contributed by atoms with E-state index in [1.165, 1.54) is 0 Å². The van der Waals surface area contributed by atoms with Crippen LogP contribution in [0.4, 0.5) is 0 Å². The van der Waals surface area contributed by atoms with E-state index in [2.05, 4.69) is 11.6 Å². The number of hydrogen-bond acceptors (Lipinski definition) is 2. The number of nitrogens with two attached hydrogens (primary N) is 1. The summed E-state index contributed by atoms with van der Waals surface area (Å²) in [5, 5.41) is 0. The molecule has 0 aliphatic heterocycles. The zero-order valence-electron chi connectivity index (χ0n) is 8.35. The van der Waals surface area contributed by atoms with E-state index in [0.717, 1.165) is 16.7 Å².